The zero-order valence-electron chi connectivity index (χ0n) is 10.5. The molecule has 18 heavy (non-hydrogen) atoms. The predicted molar refractivity (Wildman–Crippen MR) is 75.7 cm³/mol. The van der Waals surface area contributed by atoms with Crippen LogP contribution in [0.15, 0.2) is 28.9 Å². The Balaban J connectivity index is 2.44. The van der Waals surface area contributed by atoms with Crippen LogP contribution < -0.4 is 10.5 Å². The van der Waals surface area contributed by atoms with Crippen LogP contribution in [0.5, 0.6) is 5.75 Å². The molecule has 96 valence electrons. The van der Waals surface area contributed by atoms with E-state index in [1.54, 1.807) is 7.11 Å². The molecule has 5 heteroatoms. The number of hydrogen-bond acceptors (Lipinski definition) is 3. The maximum absolute atomic E-state index is 5.63. The van der Waals surface area contributed by atoms with Crippen LogP contribution in [0.2, 0.25) is 0 Å². The van der Waals surface area contributed by atoms with Crippen LogP contribution >= 0.6 is 15.9 Å². The van der Waals surface area contributed by atoms with Crippen molar-refractivity contribution in [3.05, 3.63) is 34.4 Å². The molecule has 0 aliphatic carbocycles. The molecule has 0 saturated heterocycles. The Morgan fingerprint density at radius 2 is 2.22 bits per heavy atom. The van der Waals surface area contributed by atoms with Gasteiger partial charge in [-0.2, -0.15) is 5.10 Å². The average molecular weight is 310 g/mol. The van der Waals surface area contributed by atoms with Gasteiger partial charge in [0, 0.05) is 18.8 Å². The second kappa shape index (κ2) is 5.54. The Hall–Kier alpha value is -1.33. The van der Waals surface area contributed by atoms with E-state index in [0.717, 1.165) is 33.5 Å². The van der Waals surface area contributed by atoms with Gasteiger partial charge in [-0.25, -0.2) is 0 Å². The van der Waals surface area contributed by atoms with E-state index in [1.807, 2.05) is 36.1 Å². The lowest BCUT2D eigenvalue weighted by Crippen LogP contribution is -2.02. The molecule has 1 aromatic carbocycles. The molecule has 2 N–H and O–H groups in total. The minimum absolute atomic E-state index is 0.621. The number of hydrogen-bond donors (Lipinski definition) is 1. The van der Waals surface area contributed by atoms with E-state index < -0.39 is 0 Å². The summed E-state index contributed by atoms with van der Waals surface area (Å²) in [5.41, 5.74) is 8.83. The van der Waals surface area contributed by atoms with Crippen LogP contribution in [0.25, 0.3) is 11.3 Å². The first-order chi connectivity index (χ1) is 8.65. The zero-order chi connectivity index (χ0) is 13.1. The number of nitrogens with zero attached hydrogens (tertiary/aromatic N) is 2. The molecule has 0 bridgehead atoms. The van der Waals surface area contributed by atoms with Crippen LogP contribution in [0.4, 0.5) is 0 Å². The number of halogens is 1. The molecule has 1 heterocycles. The summed E-state index contributed by atoms with van der Waals surface area (Å²) in [7, 11) is 3.57. The maximum Gasteiger partial charge on any atom is 0.133 e. The lowest BCUT2D eigenvalue weighted by atomic mass is 10.1. The number of nitrogens with two attached hydrogens (primary N) is 1. The lowest BCUT2D eigenvalue weighted by Gasteiger charge is -2.06. The molecule has 0 atom stereocenters. The fraction of sp³-hybridized carbons (Fsp3) is 0.308. The van der Waals surface area contributed by atoms with Crippen LogP contribution in [-0.2, 0) is 13.5 Å². The molecule has 2 aromatic rings. The van der Waals surface area contributed by atoms with E-state index >= 15 is 0 Å². The highest BCUT2D eigenvalue weighted by Gasteiger charge is 2.11. The second-order valence-electron chi connectivity index (χ2n) is 4.06. The minimum Gasteiger partial charge on any atom is -0.496 e. The third-order valence-corrected chi connectivity index (χ3v) is 3.36. The van der Waals surface area contributed by atoms with Crippen molar-refractivity contribution < 1.29 is 4.74 Å². The van der Waals surface area contributed by atoms with E-state index in [1.165, 1.54) is 0 Å². The number of benzene rings is 1. The van der Waals surface area contributed by atoms with Gasteiger partial charge in [-0.3, -0.25) is 4.68 Å². The average Bonchev–Trinajstić information content (AvgIpc) is 2.71. The van der Waals surface area contributed by atoms with Crippen molar-refractivity contribution in [2.75, 3.05) is 13.7 Å². The first-order valence-corrected chi connectivity index (χ1v) is 6.51. The van der Waals surface area contributed by atoms with Crippen LogP contribution in [0, 0.1) is 0 Å². The Morgan fingerprint density at radius 1 is 1.44 bits per heavy atom. The molecular formula is C13H16BrN3O. The van der Waals surface area contributed by atoms with Crippen molar-refractivity contribution in [3.63, 3.8) is 0 Å². The van der Waals surface area contributed by atoms with Gasteiger partial charge in [0.15, 0.2) is 0 Å². The number of ether oxygens (including phenoxy) is 1. The van der Waals surface area contributed by atoms with E-state index in [2.05, 4.69) is 21.0 Å². The molecule has 0 fully saturated rings. The van der Waals surface area contributed by atoms with Gasteiger partial charge in [0.25, 0.3) is 0 Å². The van der Waals surface area contributed by atoms with Crippen molar-refractivity contribution in [1.29, 1.82) is 0 Å². The van der Waals surface area contributed by atoms with Gasteiger partial charge in [0.2, 0.25) is 0 Å². The molecule has 0 saturated carbocycles. The Kier molecular flexibility index (Phi) is 4.04. The summed E-state index contributed by atoms with van der Waals surface area (Å²) in [6.45, 7) is 0.621. The molecule has 0 spiro atoms. The highest BCUT2D eigenvalue weighted by Crippen LogP contribution is 2.31. The molecule has 0 amide bonds. The quantitative estimate of drug-likeness (QED) is 0.943. The first-order valence-electron chi connectivity index (χ1n) is 5.72. The molecule has 4 nitrogen and oxygen atoms in total. The van der Waals surface area contributed by atoms with Gasteiger partial charge in [-0.15, -0.1) is 0 Å². The summed E-state index contributed by atoms with van der Waals surface area (Å²) in [6, 6.07) is 5.95. The monoisotopic (exact) mass is 309 g/mol. The van der Waals surface area contributed by atoms with Crippen LogP contribution in [-0.4, -0.2) is 23.4 Å². The zero-order valence-corrected chi connectivity index (χ0v) is 12.1. The minimum atomic E-state index is 0.621. The summed E-state index contributed by atoms with van der Waals surface area (Å²) >= 11 is 3.49. The third kappa shape index (κ3) is 2.57. The normalized spacial score (nSPS) is 10.7. The van der Waals surface area contributed by atoms with E-state index in [-0.39, 0.29) is 0 Å². The summed E-state index contributed by atoms with van der Waals surface area (Å²) in [4.78, 5) is 0. The molecular weight excluding hydrogens is 294 g/mol. The largest absolute Gasteiger partial charge is 0.496 e. The predicted octanol–water partition coefficient (Wildman–Crippen LogP) is 2.36. The molecule has 0 radical (unpaired) electrons. The van der Waals surface area contributed by atoms with Crippen LogP contribution in [0.1, 0.15) is 5.56 Å². The van der Waals surface area contributed by atoms with Gasteiger partial charge in [-0.05, 0) is 52.7 Å². The smallest absolute Gasteiger partial charge is 0.133 e. The van der Waals surface area contributed by atoms with Gasteiger partial charge in [0.05, 0.1) is 17.3 Å². The molecule has 0 unspecified atom stereocenters. The summed E-state index contributed by atoms with van der Waals surface area (Å²) in [5, 5.41) is 4.50. The number of rotatable bonds is 4. The summed E-state index contributed by atoms with van der Waals surface area (Å²) in [6.07, 6.45) is 2.84. The van der Waals surface area contributed by atoms with E-state index in [4.69, 9.17) is 10.5 Å². The van der Waals surface area contributed by atoms with E-state index in [9.17, 15) is 0 Å². The first kappa shape index (κ1) is 13.1. The Labute approximate surface area is 115 Å². The summed E-state index contributed by atoms with van der Waals surface area (Å²) < 4.78 is 7.97. The molecule has 0 aliphatic rings. The van der Waals surface area contributed by atoms with Crippen molar-refractivity contribution in [1.82, 2.24) is 9.78 Å². The highest BCUT2D eigenvalue weighted by molar-refractivity contribution is 9.10. The second-order valence-corrected chi connectivity index (χ2v) is 4.92. The van der Waals surface area contributed by atoms with Crippen LogP contribution in [0.3, 0.4) is 0 Å². The number of aromatic nitrogens is 2. The maximum atomic E-state index is 5.63. The van der Waals surface area contributed by atoms with E-state index in [0.29, 0.717) is 6.54 Å². The van der Waals surface area contributed by atoms with Crippen molar-refractivity contribution in [2.24, 2.45) is 12.8 Å². The standard InChI is InChI=1S/C13H16BrN3O/c1-17-8-10(5-6-15)13(16-17)9-3-4-12(18-2)11(14)7-9/h3-4,7-8H,5-6,15H2,1-2H3. The Bertz CT molecular complexity index is 551. The molecule has 2 rings (SSSR count). The van der Waals surface area contributed by atoms with Gasteiger partial charge < -0.3 is 10.5 Å². The van der Waals surface area contributed by atoms with Crippen molar-refractivity contribution in [3.8, 4) is 17.0 Å². The lowest BCUT2D eigenvalue weighted by molar-refractivity contribution is 0.412. The van der Waals surface area contributed by atoms with Gasteiger partial charge >= 0.3 is 0 Å². The SMILES string of the molecule is COc1ccc(-c2nn(C)cc2CCN)cc1Br. The number of methoxy groups -OCH3 is 1. The third-order valence-electron chi connectivity index (χ3n) is 2.74. The van der Waals surface area contributed by atoms with Gasteiger partial charge in [-0.1, -0.05) is 0 Å². The van der Waals surface area contributed by atoms with Crippen molar-refractivity contribution >= 4 is 15.9 Å². The topological polar surface area (TPSA) is 53.1 Å². The fourth-order valence-corrected chi connectivity index (χ4v) is 2.47. The summed E-state index contributed by atoms with van der Waals surface area (Å²) in [5.74, 6) is 0.815. The molecule has 1 aromatic heterocycles. The Morgan fingerprint density at radius 3 is 2.83 bits per heavy atom. The highest BCUT2D eigenvalue weighted by atomic mass is 79.9. The fourth-order valence-electron chi connectivity index (χ4n) is 1.93. The molecule has 0 aliphatic heterocycles. The van der Waals surface area contributed by atoms with Gasteiger partial charge in [0.1, 0.15) is 5.75 Å². The number of aryl methyl sites for hydroxylation is 1. The van der Waals surface area contributed by atoms with Crippen molar-refractivity contribution in [2.45, 2.75) is 6.42 Å².